The van der Waals surface area contributed by atoms with Gasteiger partial charge in [-0.1, -0.05) is 28.1 Å². The van der Waals surface area contributed by atoms with Crippen molar-refractivity contribution in [3.63, 3.8) is 0 Å². The molecule has 21 heavy (non-hydrogen) atoms. The van der Waals surface area contributed by atoms with E-state index in [-0.39, 0.29) is 11.4 Å². The first kappa shape index (κ1) is 15.9. The van der Waals surface area contributed by atoms with Gasteiger partial charge in [0.25, 0.3) is 0 Å². The molecule has 0 fully saturated rings. The van der Waals surface area contributed by atoms with E-state index in [0.29, 0.717) is 10.2 Å². The fourth-order valence-corrected chi connectivity index (χ4v) is 3.24. The molecule has 0 aliphatic heterocycles. The summed E-state index contributed by atoms with van der Waals surface area (Å²) >= 11 is 3.09. The van der Waals surface area contributed by atoms with Crippen molar-refractivity contribution < 1.29 is 12.8 Å². The first-order valence-electron chi connectivity index (χ1n) is 6.10. The Balaban J connectivity index is 2.24. The standard InChI is InChI=1S/C14H14BrFN2O2S/c1-9-10(3-2-4-13(9)17)8-18-21(19,20)14-6-5-11(15)7-12(14)16/h2-7,18H,8,17H2,1H3. The van der Waals surface area contributed by atoms with Gasteiger partial charge in [-0.05, 0) is 42.3 Å². The van der Waals surface area contributed by atoms with Gasteiger partial charge in [0, 0.05) is 16.7 Å². The van der Waals surface area contributed by atoms with Crippen molar-refractivity contribution >= 4 is 31.6 Å². The monoisotopic (exact) mass is 372 g/mol. The number of anilines is 1. The van der Waals surface area contributed by atoms with Crippen molar-refractivity contribution in [2.45, 2.75) is 18.4 Å². The molecule has 2 aromatic carbocycles. The summed E-state index contributed by atoms with van der Waals surface area (Å²) in [7, 11) is -3.92. The van der Waals surface area contributed by atoms with E-state index in [2.05, 4.69) is 20.7 Å². The van der Waals surface area contributed by atoms with Crippen LogP contribution in [0.4, 0.5) is 10.1 Å². The van der Waals surface area contributed by atoms with E-state index >= 15 is 0 Å². The number of nitrogens with one attached hydrogen (secondary N) is 1. The molecule has 0 atom stereocenters. The number of benzene rings is 2. The summed E-state index contributed by atoms with van der Waals surface area (Å²) in [4.78, 5) is -0.382. The van der Waals surface area contributed by atoms with Crippen molar-refractivity contribution in [1.29, 1.82) is 0 Å². The molecule has 0 radical (unpaired) electrons. The summed E-state index contributed by atoms with van der Waals surface area (Å²) in [5, 5.41) is 0. The quantitative estimate of drug-likeness (QED) is 0.810. The minimum absolute atomic E-state index is 0.0503. The maximum absolute atomic E-state index is 13.7. The molecule has 112 valence electrons. The first-order valence-corrected chi connectivity index (χ1v) is 8.37. The minimum atomic E-state index is -3.92. The highest BCUT2D eigenvalue weighted by Gasteiger charge is 2.19. The molecule has 0 saturated heterocycles. The van der Waals surface area contributed by atoms with Gasteiger partial charge in [0.2, 0.25) is 10.0 Å². The van der Waals surface area contributed by atoms with E-state index in [1.54, 1.807) is 25.1 Å². The van der Waals surface area contributed by atoms with Crippen molar-refractivity contribution in [2.75, 3.05) is 5.73 Å². The van der Waals surface area contributed by atoms with Gasteiger partial charge in [-0.15, -0.1) is 0 Å². The smallest absolute Gasteiger partial charge is 0.243 e. The van der Waals surface area contributed by atoms with Crippen LogP contribution in [0, 0.1) is 12.7 Å². The highest BCUT2D eigenvalue weighted by molar-refractivity contribution is 9.10. The van der Waals surface area contributed by atoms with Crippen molar-refractivity contribution in [2.24, 2.45) is 0 Å². The third-order valence-electron chi connectivity index (χ3n) is 3.12. The molecule has 0 aliphatic rings. The second-order valence-corrected chi connectivity index (χ2v) is 7.18. The van der Waals surface area contributed by atoms with Crippen LogP contribution in [-0.2, 0) is 16.6 Å². The Bertz CT molecular complexity index is 779. The number of hydrogen-bond donors (Lipinski definition) is 2. The highest BCUT2D eigenvalue weighted by atomic mass is 79.9. The largest absolute Gasteiger partial charge is 0.399 e. The Morgan fingerprint density at radius 3 is 2.67 bits per heavy atom. The zero-order valence-electron chi connectivity index (χ0n) is 11.2. The van der Waals surface area contributed by atoms with Crippen molar-refractivity contribution in [3.8, 4) is 0 Å². The second-order valence-electron chi connectivity index (χ2n) is 4.53. The number of hydrogen-bond acceptors (Lipinski definition) is 3. The lowest BCUT2D eigenvalue weighted by molar-refractivity contribution is 0.556. The fourth-order valence-electron chi connectivity index (χ4n) is 1.84. The Morgan fingerprint density at radius 1 is 1.29 bits per heavy atom. The van der Waals surface area contributed by atoms with Gasteiger partial charge in [-0.25, -0.2) is 17.5 Å². The van der Waals surface area contributed by atoms with Gasteiger partial charge in [0.15, 0.2) is 0 Å². The zero-order chi connectivity index (χ0) is 15.6. The topological polar surface area (TPSA) is 72.2 Å². The summed E-state index contributed by atoms with van der Waals surface area (Å²) in [6.07, 6.45) is 0. The Morgan fingerprint density at radius 2 is 2.00 bits per heavy atom. The lowest BCUT2D eigenvalue weighted by atomic mass is 10.1. The van der Waals surface area contributed by atoms with E-state index in [0.717, 1.165) is 17.2 Å². The predicted octanol–water partition coefficient (Wildman–Crippen LogP) is 2.96. The molecule has 3 N–H and O–H groups in total. The number of nitrogen functional groups attached to an aromatic ring is 1. The van der Waals surface area contributed by atoms with Crippen LogP contribution < -0.4 is 10.5 Å². The summed E-state index contributed by atoms with van der Waals surface area (Å²) in [5.74, 6) is -0.804. The van der Waals surface area contributed by atoms with Gasteiger partial charge in [-0.3, -0.25) is 0 Å². The molecule has 0 aromatic heterocycles. The van der Waals surface area contributed by atoms with Gasteiger partial charge in [-0.2, -0.15) is 0 Å². The number of rotatable bonds is 4. The van der Waals surface area contributed by atoms with Gasteiger partial charge in [0.1, 0.15) is 10.7 Å². The molecule has 0 amide bonds. The van der Waals surface area contributed by atoms with Crippen LogP contribution in [0.25, 0.3) is 0 Å². The molecular formula is C14H14BrFN2O2S. The summed E-state index contributed by atoms with van der Waals surface area (Å²) < 4.78 is 40.9. The summed E-state index contributed by atoms with van der Waals surface area (Å²) in [5.41, 5.74) is 7.90. The van der Waals surface area contributed by atoms with Crippen LogP contribution >= 0.6 is 15.9 Å². The third kappa shape index (κ3) is 3.61. The van der Waals surface area contributed by atoms with Crippen LogP contribution in [0.15, 0.2) is 45.8 Å². The lowest BCUT2D eigenvalue weighted by Crippen LogP contribution is -2.24. The Kier molecular flexibility index (Phi) is 4.65. The zero-order valence-corrected chi connectivity index (χ0v) is 13.6. The normalized spacial score (nSPS) is 11.6. The van der Waals surface area contributed by atoms with Gasteiger partial charge >= 0.3 is 0 Å². The van der Waals surface area contributed by atoms with E-state index in [9.17, 15) is 12.8 Å². The van der Waals surface area contributed by atoms with E-state index < -0.39 is 15.8 Å². The molecule has 0 aliphatic carbocycles. The molecular weight excluding hydrogens is 359 g/mol. The first-order chi connectivity index (χ1) is 9.81. The molecule has 0 bridgehead atoms. The maximum Gasteiger partial charge on any atom is 0.243 e. The SMILES string of the molecule is Cc1c(N)cccc1CNS(=O)(=O)c1ccc(Br)cc1F. The van der Waals surface area contributed by atoms with Crippen LogP contribution in [0.1, 0.15) is 11.1 Å². The number of sulfonamides is 1. The van der Waals surface area contributed by atoms with E-state index in [1.807, 2.05) is 0 Å². The van der Waals surface area contributed by atoms with Crippen molar-refractivity contribution in [3.05, 3.63) is 57.8 Å². The minimum Gasteiger partial charge on any atom is -0.399 e. The highest BCUT2D eigenvalue weighted by Crippen LogP contribution is 2.20. The van der Waals surface area contributed by atoms with Crippen molar-refractivity contribution in [1.82, 2.24) is 4.72 Å². The molecule has 0 heterocycles. The van der Waals surface area contributed by atoms with Crippen LogP contribution in [0.3, 0.4) is 0 Å². The predicted molar refractivity (Wildman–Crippen MR) is 83.7 cm³/mol. The lowest BCUT2D eigenvalue weighted by Gasteiger charge is -2.11. The van der Waals surface area contributed by atoms with Crippen LogP contribution in [0.5, 0.6) is 0 Å². The molecule has 4 nitrogen and oxygen atoms in total. The Labute approximate surface area is 131 Å². The van der Waals surface area contributed by atoms with E-state index in [4.69, 9.17) is 5.73 Å². The second kappa shape index (κ2) is 6.13. The summed E-state index contributed by atoms with van der Waals surface area (Å²) in [6.45, 7) is 1.86. The van der Waals surface area contributed by atoms with Crippen LogP contribution in [0.2, 0.25) is 0 Å². The maximum atomic E-state index is 13.7. The van der Waals surface area contributed by atoms with Gasteiger partial charge in [0.05, 0.1) is 0 Å². The molecule has 0 saturated carbocycles. The molecule has 2 aromatic rings. The molecule has 0 unspecified atom stereocenters. The fraction of sp³-hybridized carbons (Fsp3) is 0.143. The number of halogens is 2. The Hall–Kier alpha value is -1.44. The molecule has 2 rings (SSSR count). The third-order valence-corrected chi connectivity index (χ3v) is 5.05. The molecule has 7 heteroatoms. The van der Waals surface area contributed by atoms with E-state index in [1.165, 1.54) is 12.1 Å². The average molecular weight is 373 g/mol. The molecule has 0 spiro atoms. The van der Waals surface area contributed by atoms with Crippen LogP contribution in [-0.4, -0.2) is 8.42 Å². The summed E-state index contributed by atoms with van der Waals surface area (Å²) in [6, 6.07) is 9.05. The van der Waals surface area contributed by atoms with Gasteiger partial charge < -0.3 is 5.73 Å². The average Bonchev–Trinajstić information content (AvgIpc) is 2.40. The number of nitrogens with two attached hydrogens (primary N) is 1.